The van der Waals surface area contributed by atoms with Crippen molar-refractivity contribution in [2.45, 2.75) is 0 Å². The molecule has 2 rings (SSSR count). The molecule has 0 unspecified atom stereocenters. The third-order valence-corrected chi connectivity index (χ3v) is 1.28. The first-order valence-corrected chi connectivity index (χ1v) is 2.79. The second-order valence-corrected chi connectivity index (χ2v) is 1.86. The third-order valence-electron chi connectivity index (χ3n) is 1.28. The van der Waals surface area contributed by atoms with Crippen LogP contribution in [0.25, 0.3) is 11.0 Å². The van der Waals surface area contributed by atoms with Crippen molar-refractivity contribution in [2.24, 2.45) is 0 Å². The maximum Gasteiger partial charge on any atom is 0 e. The molecule has 2 aromatic rings. The van der Waals surface area contributed by atoms with Gasteiger partial charge in [-0.3, -0.25) is 0 Å². The monoisotopic (exact) mass is 206 g/mol. The minimum atomic E-state index is 0. The van der Waals surface area contributed by atoms with Crippen LogP contribution in [0.15, 0.2) is 30.6 Å². The fourth-order valence-corrected chi connectivity index (χ4v) is 0.836. The van der Waals surface area contributed by atoms with Gasteiger partial charge in [-0.15, -0.1) is 0 Å². The van der Waals surface area contributed by atoms with Gasteiger partial charge in [0.15, 0.2) is 0 Å². The number of imidazole rings is 1. The van der Waals surface area contributed by atoms with Crippen LogP contribution in [0, 0.1) is 0 Å². The summed E-state index contributed by atoms with van der Waals surface area (Å²) >= 11 is 0. The summed E-state index contributed by atoms with van der Waals surface area (Å²) in [6, 6.07) is 7.80. The van der Waals surface area contributed by atoms with Gasteiger partial charge >= 0.3 is 0 Å². The smallest absolute Gasteiger partial charge is 0 e. The summed E-state index contributed by atoms with van der Waals surface area (Å²) in [6.07, 6.45) is 1.57. The van der Waals surface area contributed by atoms with E-state index >= 15 is 0 Å². The van der Waals surface area contributed by atoms with Gasteiger partial charge in [-0.05, 0) is 11.0 Å². The zero-order valence-electron chi connectivity index (χ0n) is 5.36. The van der Waals surface area contributed by atoms with Gasteiger partial charge in [0.05, 0.1) is 0 Å². The van der Waals surface area contributed by atoms with Crippen molar-refractivity contribution in [2.75, 3.05) is 0 Å². The molecule has 2 nitrogen and oxygen atoms in total. The van der Waals surface area contributed by atoms with Crippen LogP contribution in [0.3, 0.4) is 0 Å². The zero-order valence-corrected chi connectivity index (χ0v) is 8.20. The molecule has 1 aromatic heterocycles. The van der Waals surface area contributed by atoms with Crippen molar-refractivity contribution in [3.05, 3.63) is 30.6 Å². The fraction of sp³-hybridized carbons (Fsp3) is 0. The second-order valence-electron chi connectivity index (χ2n) is 1.86. The van der Waals surface area contributed by atoms with Crippen molar-refractivity contribution < 1.29 is 32.7 Å². The van der Waals surface area contributed by atoms with Crippen LogP contribution in [0.2, 0.25) is 0 Å². The van der Waals surface area contributed by atoms with Crippen molar-refractivity contribution in [1.82, 2.24) is 9.97 Å². The molecule has 0 aliphatic carbocycles. The summed E-state index contributed by atoms with van der Waals surface area (Å²) in [5.74, 6) is 0. The first-order chi connectivity index (χ1) is 4.47. The molecule has 3 heteroatoms. The predicted octanol–water partition coefficient (Wildman–Crippen LogP) is 1.19. The quantitative estimate of drug-likeness (QED) is 0.647. The molecule has 0 saturated heterocycles. The number of aromatic nitrogens is 2. The molecule has 1 heterocycles. The first kappa shape index (κ1) is 7.90. The molecule has 47 valence electrons. The Balaban J connectivity index is 0.000000500. The molecule has 0 atom stereocenters. The van der Waals surface area contributed by atoms with E-state index in [1.54, 1.807) is 6.33 Å². The van der Waals surface area contributed by atoms with Crippen LogP contribution >= 0.6 is 0 Å². The van der Waals surface area contributed by atoms with E-state index in [9.17, 15) is 0 Å². The molecule has 1 radical (unpaired) electrons. The summed E-state index contributed by atoms with van der Waals surface area (Å²) in [7, 11) is 0. The minimum Gasteiger partial charge on any atom is -0.443 e. The molecule has 0 saturated carbocycles. The van der Waals surface area contributed by atoms with Crippen LogP contribution in [0.1, 0.15) is 0 Å². The van der Waals surface area contributed by atoms with Crippen molar-refractivity contribution in [3.8, 4) is 0 Å². The molecule has 0 spiro atoms. The molecule has 0 fully saturated rings. The molecular weight excluding hydrogens is 201 g/mol. The Morgan fingerprint density at radius 3 is 2.80 bits per heavy atom. The Morgan fingerprint density at radius 2 is 2.00 bits per heavy atom. The van der Waals surface area contributed by atoms with Gasteiger partial charge in [0, 0.05) is 32.7 Å². The maximum absolute atomic E-state index is 4.01. The third kappa shape index (κ3) is 1.28. The summed E-state index contributed by atoms with van der Waals surface area (Å²) in [4.78, 5) is 8.02. The molecule has 1 aromatic carbocycles. The Bertz CT molecular complexity index is 286. The summed E-state index contributed by atoms with van der Waals surface area (Å²) < 4.78 is 0. The van der Waals surface area contributed by atoms with Gasteiger partial charge in [-0.25, -0.2) is 0 Å². The topological polar surface area (TPSA) is 27.0 Å². The van der Waals surface area contributed by atoms with Crippen molar-refractivity contribution in [3.63, 3.8) is 0 Å². The Kier molecular flexibility index (Phi) is 2.58. The largest absolute Gasteiger partial charge is 0.443 e. The number of para-hydroxylation sites is 2. The number of hydrogen-bond donors (Lipinski definition) is 0. The number of nitrogens with zero attached hydrogens (tertiary/aromatic N) is 2. The van der Waals surface area contributed by atoms with E-state index in [2.05, 4.69) is 9.97 Å². The fourth-order valence-electron chi connectivity index (χ4n) is 0.836. The van der Waals surface area contributed by atoms with Crippen LogP contribution in [0.5, 0.6) is 0 Å². The van der Waals surface area contributed by atoms with Crippen LogP contribution < -0.4 is 4.98 Å². The summed E-state index contributed by atoms with van der Waals surface area (Å²) in [5, 5.41) is 0. The van der Waals surface area contributed by atoms with Crippen LogP contribution in [-0.4, -0.2) is 4.98 Å². The number of rotatable bonds is 0. The number of benzene rings is 1. The standard InChI is InChI=1S/C7H5N2.Y/c1-2-4-7-6(3-1)8-5-9-7;/h1-5H;/q-1;. The predicted molar refractivity (Wildman–Crippen MR) is 35.1 cm³/mol. The van der Waals surface area contributed by atoms with Gasteiger partial charge in [0.1, 0.15) is 0 Å². The van der Waals surface area contributed by atoms with E-state index in [-0.39, 0.29) is 32.7 Å². The molecule has 10 heavy (non-hydrogen) atoms. The number of fused-ring (bicyclic) bond motifs is 1. The zero-order chi connectivity index (χ0) is 6.10. The van der Waals surface area contributed by atoms with E-state index in [4.69, 9.17) is 0 Å². The van der Waals surface area contributed by atoms with Crippen molar-refractivity contribution >= 4 is 11.0 Å². The Labute approximate surface area is 83.9 Å². The Hall–Kier alpha value is -0.206. The van der Waals surface area contributed by atoms with E-state index < -0.39 is 0 Å². The molecule has 0 N–H and O–H groups in total. The first-order valence-electron chi connectivity index (χ1n) is 2.79. The normalized spacial score (nSPS) is 9.20. The molecule has 0 amide bonds. The van der Waals surface area contributed by atoms with Gasteiger partial charge in [-0.2, -0.15) is 0 Å². The SMILES string of the molecule is [Y].c1ccc2[n-]cnc2c1. The van der Waals surface area contributed by atoms with Gasteiger partial charge < -0.3 is 9.97 Å². The van der Waals surface area contributed by atoms with Gasteiger partial charge in [-0.1, -0.05) is 30.6 Å². The van der Waals surface area contributed by atoms with Crippen LogP contribution in [-0.2, 0) is 32.7 Å². The number of hydrogen-bond acceptors (Lipinski definition) is 1. The second kappa shape index (κ2) is 3.26. The molecule has 0 aliphatic rings. The summed E-state index contributed by atoms with van der Waals surface area (Å²) in [5.41, 5.74) is 1.94. The Morgan fingerprint density at radius 1 is 1.20 bits per heavy atom. The van der Waals surface area contributed by atoms with Gasteiger partial charge in [0.2, 0.25) is 0 Å². The summed E-state index contributed by atoms with van der Waals surface area (Å²) in [6.45, 7) is 0. The average Bonchev–Trinajstić information content (AvgIpc) is 2.33. The van der Waals surface area contributed by atoms with E-state index in [1.165, 1.54) is 0 Å². The molecular formula is C7H5N2Y-. The maximum atomic E-state index is 4.01. The van der Waals surface area contributed by atoms with Crippen LogP contribution in [0.4, 0.5) is 0 Å². The van der Waals surface area contributed by atoms with Crippen molar-refractivity contribution in [1.29, 1.82) is 0 Å². The molecule has 0 bridgehead atoms. The minimum absolute atomic E-state index is 0. The van der Waals surface area contributed by atoms with E-state index in [1.807, 2.05) is 24.3 Å². The average molecular weight is 206 g/mol. The molecule has 0 aliphatic heterocycles. The van der Waals surface area contributed by atoms with E-state index in [0.717, 1.165) is 11.0 Å². The van der Waals surface area contributed by atoms with Gasteiger partial charge in [0.25, 0.3) is 0 Å². The van der Waals surface area contributed by atoms with E-state index in [0.29, 0.717) is 0 Å².